The third-order valence-electron chi connectivity index (χ3n) is 1.45. The van der Waals surface area contributed by atoms with E-state index in [0.717, 1.165) is 5.52 Å². The van der Waals surface area contributed by atoms with Crippen LogP contribution in [0.2, 0.25) is 0 Å². The predicted molar refractivity (Wildman–Crippen MR) is 45.0 cm³/mol. The molecule has 62 valence electrons. The van der Waals surface area contributed by atoms with E-state index in [9.17, 15) is 0 Å². The lowest BCUT2D eigenvalue weighted by Gasteiger charge is -1.98. The minimum atomic E-state index is 0.517. The van der Waals surface area contributed by atoms with Crippen molar-refractivity contribution in [2.75, 3.05) is 7.11 Å². The van der Waals surface area contributed by atoms with Gasteiger partial charge in [-0.1, -0.05) is 0 Å². The minimum absolute atomic E-state index is 0.517. The van der Waals surface area contributed by atoms with E-state index in [0.29, 0.717) is 10.6 Å². The van der Waals surface area contributed by atoms with E-state index in [2.05, 4.69) is 31.0 Å². The van der Waals surface area contributed by atoms with Gasteiger partial charge in [-0.2, -0.15) is 10.1 Å². The Bertz CT molecular complexity index is 413. The molecule has 0 amide bonds. The van der Waals surface area contributed by atoms with Crippen molar-refractivity contribution in [1.82, 2.24) is 19.6 Å². The van der Waals surface area contributed by atoms with Gasteiger partial charge < -0.3 is 4.74 Å². The summed E-state index contributed by atoms with van der Waals surface area (Å²) in [6.45, 7) is 0. The molecular formula is C6H5BrN4O. The lowest BCUT2D eigenvalue weighted by molar-refractivity contribution is 0.399. The highest BCUT2D eigenvalue weighted by molar-refractivity contribution is 9.10. The van der Waals surface area contributed by atoms with E-state index in [1.807, 2.05) is 0 Å². The van der Waals surface area contributed by atoms with Crippen LogP contribution in [0, 0.1) is 0 Å². The Morgan fingerprint density at radius 1 is 1.50 bits per heavy atom. The number of ether oxygens (including phenoxy) is 1. The van der Waals surface area contributed by atoms with Crippen molar-refractivity contribution < 1.29 is 4.74 Å². The van der Waals surface area contributed by atoms with E-state index in [4.69, 9.17) is 4.74 Å². The van der Waals surface area contributed by atoms with Gasteiger partial charge in [-0.05, 0) is 15.9 Å². The maximum absolute atomic E-state index is 5.01. The van der Waals surface area contributed by atoms with Crippen molar-refractivity contribution in [3.63, 3.8) is 0 Å². The Morgan fingerprint density at radius 3 is 3.08 bits per heavy atom. The van der Waals surface area contributed by atoms with Crippen LogP contribution in [-0.4, -0.2) is 26.7 Å². The summed E-state index contributed by atoms with van der Waals surface area (Å²) in [6, 6.07) is 0. The van der Waals surface area contributed by atoms with Gasteiger partial charge in [-0.3, -0.25) is 0 Å². The van der Waals surface area contributed by atoms with Gasteiger partial charge in [0, 0.05) is 0 Å². The summed E-state index contributed by atoms with van der Waals surface area (Å²) in [4.78, 5) is 7.93. The molecule has 0 aliphatic carbocycles. The van der Waals surface area contributed by atoms with E-state index < -0.39 is 0 Å². The molecule has 0 spiro atoms. The number of hydrogen-bond donors (Lipinski definition) is 0. The third-order valence-corrected chi connectivity index (χ3v) is 1.99. The first-order valence-corrected chi connectivity index (χ1v) is 4.00. The highest BCUT2D eigenvalue weighted by Gasteiger charge is 2.06. The molecule has 0 radical (unpaired) electrons. The van der Waals surface area contributed by atoms with Crippen LogP contribution in [0.15, 0.2) is 17.3 Å². The topological polar surface area (TPSA) is 52.3 Å². The lowest BCUT2D eigenvalue weighted by Crippen LogP contribution is -1.96. The molecule has 0 atom stereocenters. The Morgan fingerprint density at radius 2 is 2.33 bits per heavy atom. The van der Waals surface area contributed by atoms with Crippen molar-refractivity contribution >= 4 is 21.4 Å². The monoisotopic (exact) mass is 228 g/mol. The Hall–Kier alpha value is -1.17. The Balaban J connectivity index is 2.81. The van der Waals surface area contributed by atoms with Gasteiger partial charge in [0.1, 0.15) is 11.8 Å². The molecule has 2 heterocycles. The fourth-order valence-electron chi connectivity index (χ4n) is 0.932. The second-order valence-corrected chi connectivity index (χ2v) is 2.80. The van der Waals surface area contributed by atoms with Gasteiger partial charge in [0.25, 0.3) is 0 Å². The highest BCUT2D eigenvalue weighted by Crippen LogP contribution is 2.17. The highest BCUT2D eigenvalue weighted by atomic mass is 79.9. The molecule has 12 heavy (non-hydrogen) atoms. The molecule has 2 aromatic rings. The third kappa shape index (κ3) is 0.953. The molecular weight excluding hydrogens is 224 g/mol. The molecule has 0 bridgehead atoms. The number of rotatable bonds is 1. The van der Waals surface area contributed by atoms with Crippen LogP contribution in [0.4, 0.5) is 0 Å². The van der Waals surface area contributed by atoms with Gasteiger partial charge in [0.2, 0.25) is 5.88 Å². The Labute approximate surface area is 76.5 Å². The number of hydrogen-bond acceptors (Lipinski definition) is 4. The molecule has 2 rings (SSSR count). The fraction of sp³-hybridized carbons (Fsp3) is 0.167. The smallest absolute Gasteiger partial charge is 0.243 e. The van der Waals surface area contributed by atoms with Gasteiger partial charge in [0.15, 0.2) is 4.73 Å². The molecule has 0 saturated heterocycles. The van der Waals surface area contributed by atoms with E-state index in [1.54, 1.807) is 17.8 Å². The van der Waals surface area contributed by atoms with Crippen LogP contribution < -0.4 is 4.74 Å². The summed E-state index contributed by atoms with van der Waals surface area (Å²) in [5.41, 5.74) is 0.742. The zero-order valence-electron chi connectivity index (χ0n) is 6.23. The number of nitrogens with zero attached hydrogens (tertiary/aromatic N) is 4. The summed E-state index contributed by atoms with van der Waals surface area (Å²) < 4.78 is 7.25. The quantitative estimate of drug-likeness (QED) is 0.728. The van der Waals surface area contributed by atoms with Crippen LogP contribution in [0.5, 0.6) is 5.88 Å². The van der Waals surface area contributed by atoms with Crippen molar-refractivity contribution in [3.8, 4) is 5.88 Å². The van der Waals surface area contributed by atoms with Crippen molar-refractivity contribution in [3.05, 3.63) is 17.3 Å². The molecule has 0 aliphatic rings. The summed E-state index contributed by atoms with van der Waals surface area (Å²) in [5, 5.41) is 3.97. The van der Waals surface area contributed by atoms with E-state index in [-0.39, 0.29) is 0 Å². The summed E-state index contributed by atoms with van der Waals surface area (Å²) in [7, 11) is 1.56. The average molecular weight is 229 g/mol. The summed E-state index contributed by atoms with van der Waals surface area (Å²) >= 11 is 3.24. The number of aromatic nitrogens is 4. The molecule has 0 aliphatic heterocycles. The first-order valence-electron chi connectivity index (χ1n) is 3.21. The standard InChI is InChI=1S/C6H5BrN4O/c1-12-5-4-2-8-6(7)11(4)10-3-9-5/h2-3H,1H3. The van der Waals surface area contributed by atoms with Crippen LogP contribution in [0.3, 0.4) is 0 Å². The van der Waals surface area contributed by atoms with Crippen molar-refractivity contribution in [1.29, 1.82) is 0 Å². The average Bonchev–Trinajstić information content (AvgIpc) is 2.48. The Kier molecular flexibility index (Phi) is 1.69. The maximum atomic E-state index is 5.01. The number of imidazole rings is 1. The van der Waals surface area contributed by atoms with Crippen molar-refractivity contribution in [2.45, 2.75) is 0 Å². The van der Waals surface area contributed by atoms with E-state index >= 15 is 0 Å². The summed E-state index contributed by atoms with van der Waals surface area (Å²) in [6.07, 6.45) is 3.06. The minimum Gasteiger partial charge on any atom is -0.479 e. The zero-order chi connectivity index (χ0) is 8.55. The summed E-state index contributed by atoms with van der Waals surface area (Å²) in [5.74, 6) is 0.517. The van der Waals surface area contributed by atoms with Crippen molar-refractivity contribution in [2.24, 2.45) is 0 Å². The molecule has 0 N–H and O–H groups in total. The maximum Gasteiger partial charge on any atom is 0.243 e. The van der Waals surface area contributed by atoms with Crippen LogP contribution >= 0.6 is 15.9 Å². The molecule has 6 heteroatoms. The predicted octanol–water partition coefficient (Wildman–Crippen LogP) is 0.895. The first-order chi connectivity index (χ1) is 5.83. The van der Waals surface area contributed by atoms with E-state index in [1.165, 1.54) is 6.33 Å². The molecule has 0 aromatic carbocycles. The molecule has 2 aromatic heterocycles. The molecule has 5 nitrogen and oxygen atoms in total. The number of halogens is 1. The zero-order valence-corrected chi connectivity index (χ0v) is 7.82. The fourth-order valence-corrected chi connectivity index (χ4v) is 1.32. The normalized spacial score (nSPS) is 10.5. The first kappa shape index (κ1) is 7.48. The van der Waals surface area contributed by atoms with Gasteiger partial charge in [-0.15, -0.1) is 0 Å². The van der Waals surface area contributed by atoms with Gasteiger partial charge >= 0.3 is 0 Å². The second-order valence-electron chi connectivity index (χ2n) is 2.09. The number of fused-ring (bicyclic) bond motifs is 1. The van der Waals surface area contributed by atoms with Crippen LogP contribution in [0.25, 0.3) is 5.52 Å². The SMILES string of the molecule is COc1ncnn2c(Br)ncc12. The molecule has 0 unspecified atom stereocenters. The van der Waals surface area contributed by atoms with Gasteiger partial charge in [-0.25, -0.2) is 9.50 Å². The van der Waals surface area contributed by atoms with Gasteiger partial charge in [0.05, 0.1) is 13.3 Å². The van der Waals surface area contributed by atoms with Crippen LogP contribution in [-0.2, 0) is 0 Å². The largest absolute Gasteiger partial charge is 0.479 e. The lowest BCUT2D eigenvalue weighted by atomic mass is 10.6. The molecule has 0 saturated carbocycles. The number of methoxy groups -OCH3 is 1. The second kappa shape index (κ2) is 2.71. The molecule has 0 fully saturated rings. The van der Waals surface area contributed by atoms with Crippen LogP contribution in [0.1, 0.15) is 0 Å².